The number of hydrogen-bond donors (Lipinski definition) is 3. The van der Waals surface area contributed by atoms with E-state index in [1.54, 1.807) is 18.3 Å². The second kappa shape index (κ2) is 10.6. The monoisotopic (exact) mass is 493 g/mol. The highest BCUT2D eigenvalue weighted by molar-refractivity contribution is 6.31. The largest absolute Gasteiger partial charge is 0.392 e. The summed E-state index contributed by atoms with van der Waals surface area (Å²) < 4.78 is 5.82. The molecule has 3 aliphatic rings. The Hall–Kier alpha value is -3.20. The molecule has 3 aromatic rings. The number of aliphatic hydroxyl groups is 1. The smallest absolute Gasteiger partial charge is 0.256 e. The Morgan fingerprint density at radius 2 is 2.00 bits per heavy atom. The molecular weight excluding hydrogens is 466 g/mol. The minimum absolute atomic E-state index is 0.116. The Morgan fingerprint density at radius 3 is 2.69 bits per heavy atom. The van der Waals surface area contributed by atoms with E-state index < -0.39 is 0 Å². The number of hydrogen-bond acceptors (Lipinski definition) is 7. The van der Waals surface area contributed by atoms with Crippen molar-refractivity contribution in [2.24, 2.45) is 0 Å². The van der Waals surface area contributed by atoms with Gasteiger partial charge in [-0.1, -0.05) is 54.1 Å². The van der Waals surface area contributed by atoms with Crippen molar-refractivity contribution in [1.29, 1.82) is 0 Å². The fourth-order valence-corrected chi connectivity index (χ4v) is 4.76. The summed E-state index contributed by atoms with van der Waals surface area (Å²) in [6, 6.07) is 15.5. The Labute approximate surface area is 209 Å². The lowest BCUT2D eigenvalue weighted by Crippen LogP contribution is -2.55. The molecule has 182 valence electrons. The number of aliphatic hydroxyl groups excluding tert-OH is 1. The lowest BCUT2D eigenvalue weighted by atomic mass is 9.97. The van der Waals surface area contributed by atoms with E-state index in [2.05, 4.69) is 20.5 Å². The summed E-state index contributed by atoms with van der Waals surface area (Å²) in [7, 11) is 0. The number of ether oxygens (including phenoxy) is 1. The van der Waals surface area contributed by atoms with Crippen LogP contribution in [0.2, 0.25) is 5.02 Å². The summed E-state index contributed by atoms with van der Waals surface area (Å²) in [5.41, 5.74) is 2.97. The van der Waals surface area contributed by atoms with Gasteiger partial charge in [-0.05, 0) is 35.6 Å². The minimum atomic E-state index is -0.250. The van der Waals surface area contributed by atoms with Crippen LogP contribution in [0.3, 0.4) is 0 Å². The molecule has 8 nitrogen and oxygen atoms in total. The first kappa shape index (κ1) is 23.5. The predicted molar refractivity (Wildman–Crippen MR) is 134 cm³/mol. The van der Waals surface area contributed by atoms with Crippen molar-refractivity contribution >= 4 is 29.3 Å². The maximum Gasteiger partial charge on any atom is 0.256 e. The number of fused-ring (bicyclic) bond motifs is 3. The zero-order chi connectivity index (χ0) is 24.2. The van der Waals surface area contributed by atoms with Crippen LogP contribution >= 0.6 is 11.6 Å². The highest BCUT2D eigenvalue weighted by Crippen LogP contribution is 2.30. The molecule has 1 amide bonds. The molecule has 2 unspecified atom stereocenters. The first-order valence-electron chi connectivity index (χ1n) is 11.8. The molecule has 3 N–H and O–H groups in total. The van der Waals surface area contributed by atoms with Crippen LogP contribution in [0.1, 0.15) is 39.9 Å². The first-order chi connectivity index (χ1) is 17.1. The molecule has 3 saturated heterocycles. The number of halogens is 1. The highest BCUT2D eigenvalue weighted by Gasteiger charge is 2.36. The third kappa shape index (κ3) is 5.40. The van der Waals surface area contributed by atoms with E-state index in [1.165, 1.54) is 0 Å². The Bertz CT molecular complexity index is 1180. The molecule has 9 heteroatoms. The van der Waals surface area contributed by atoms with Crippen LogP contribution in [0, 0.1) is 0 Å². The van der Waals surface area contributed by atoms with Crippen LogP contribution in [0.5, 0.6) is 0 Å². The topological polar surface area (TPSA) is 99.6 Å². The Balaban J connectivity index is 1.38. The van der Waals surface area contributed by atoms with Crippen molar-refractivity contribution in [1.82, 2.24) is 15.3 Å². The van der Waals surface area contributed by atoms with Gasteiger partial charge in [-0.15, -0.1) is 0 Å². The molecule has 3 fully saturated rings. The van der Waals surface area contributed by atoms with Gasteiger partial charge in [0, 0.05) is 30.9 Å². The number of carbonyl (C=O) groups excluding carboxylic acids is 1. The fourth-order valence-electron chi connectivity index (χ4n) is 4.50. The van der Waals surface area contributed by atoms with Crippen molar-refractivity contribution in [2.75, 3.05) is 23.4 Å². The van der Waals surface area contributed by atoms with Crippen LogP contribution in [0.4, 0.5) is 11.8 Å². The SMILES string of the molecule is O=C(NCc1ccccc1)c1cnc(N2CC3CCC2CO3)nc1NCc1ccc(CO)c(Cl)c1. The number of aromatic nitrogens is 2. The summed E-state index contributed by atoms with van der Waals surface area (Å²) in [5, 5.41) is 16.1. The lowest BCUT2D eigenvalue weighted by molar-refractivity contribution is -0.0232. The molecule has 35 heavy (non-hydrogen) atoms. The molecule has 1 aromatic heterocycles. The summed E-state index contributed by atoms with van der Waals surface area (Å²) in [5.74, 6) is 0.809. The van der Waals surface area contributed by atoms with E-state index in [-0.39, 0.29) is 24.7 Å². The van der Waals surface area contributed by atoms with Crippen molar-refractivity contribution in [3.63, 3.8) is 0 Å². The minimum Gasteiger partial charge on any atom is -0.392 e. The normalized spacial score (nSPS) is 19.0. The summed E-state index contributed by atoms with van der Waals surface area (Å²) >= 11 is 6.26. The van der Waals surface area contributed by atoms with Gasteiger partial charge in [-0.25, -0.2) is 4.98 Å². The lowest BCUT2D eigenvalue weighted by Gasteiger charge is -2.45. The summed E-state index contributed by atoms with van der Waals surface area (Å²) in [6.45, 7) is 2.13. The molecule has 4 heterocycles. The average Bonchev–Trinajstić information content (AvgIpc) is 2.91. The molecule has 2 bridgehead atoms. The number of carbonyl (C=O) groups is 1. The van der Waals surface area contributed by atoms with Gasteiger partial charge < -0.3 is 25.4 Å². The predicted octanol–water partition coefficient (Wildman–Crippen LogP) is 3.53. The number of anilines is 2. The first-order valence-corrected chi connectivity index (χ1v) is 12.2. The van der Waals surface area contributed by atoms with Crippen LogP contribution in [0.15, 0.2) is 54.7 Å². The number of rotatable bonds is 8. The molecule has 2 aromatic carbocycles. The van der Waals surface area contributed by atoms with Gasteiger partial charge in [0.1, 0.15) is 11.4 Å². The van der Waals surface area contributed by atoms with E-state index in [9.17, 15) is 9.90 Å². The molecule has 2 atom stereocenters. The van der Waals surface area contributed by atoms with Crippen LogP contribution in [-0.2, 0) is 24.4 Å². The third-order valence-corrected chi connectivity index (χ3v) is 6.86. The Morgan fingerprint density at radius 1 is 1.14 bits per heavy atom. The summed E-state index contributed by atoms with van der Waals surface area (Å²) in [6.07, 6.45) is 3.89. The van der Waals surface area contributed by atoms with Gasteiger partial charge in [0.2, 0.25) is 5.95 Å². The number of piperidine rings is 1. The molecule has 3 aliphatic heterocycles. The third-order valence-electron chi connectivity index (χ3n) is 6.51. The number of nitrogens with zero attached hydrogens (tertiary/aromatic N) is 3. The van der Waals surface area contributed by atoms with Gasteiger partial charge in [0.05, 0.1) is 25.4 Å². The molecule has 0 spiro atoms. The van der Waals surface area contributed by atoms with Crippen molar-refractivity contribution in [3.05, 3.63) is 82.0 Å². The number of benzene rings is 2. The molecule has 0 radical (unpaired) electrons. The van der Waals surface area contributed by atoms with E-state index in [1.807, 2.05) is 36.4 Å². The van der Waals surface area contributed by atoms with E-state index in [4.69, 9.17) is 21.3 Å². The Kier molecular flexibility index (Phi) is 7.13. The van der Waals surface area contributed by atoms with E-state index in [0.29, 0.717) is 47.6 Å². The van der Waals surface area contributed by atoms with Crippen LogP contribution in [-0.4, -0.2) is 46.3 Å². The zero-order valence-electron chi connectivity index (χ0n) is 19.3. The molecule has 6 rings (SSSR count). The van der Waals surface area contributed by atoms with Crippen molar-refractivity contribution < 1.29 is 14.6 Å². The van der Waals surface area contributed by atoms with Gasteiger partial charge >= 0.3 is 0 Å². The van der Waals surface area contributed by atoms with E-state index >= 15 is 0 Å². The van der Waals surface area contributed by atoms with Crippen molar-refractivity contribution in [3.8, 4) is 0 Å². The molecule has 0 saturated carbocycles. The number of morpholine rings is 1. The maximum absolute atomic E-state index is 13.1. The van der Waals surface area contributed by atoms with Crippen LogP contribution in [0.25, 0.3) is 0 Å². The fraction of sp³-hybridized carbons (Fsp3) is 0.346. The second-order valence-corrected chi connectivity index (χ2v) is 9.28. The summed E-state index contributed by atoms with van der Waals surface area (Å²) in [4.78, 5) is 24.6. The molecular formula is C26H28ClN5O3. The number of amides is 1. The maximum atomic E-state index is 13.1. The molecule has 0 aliphatic carbocycles. The van der Waals surface area contributed by atoms with E-state index in [0.717, 1.165) is 30.5 Å². The number of nitrogens with one attached hydrogen (secondary N) is 2. The highest BCUT2D eigenvalue weighted by atomic mass is 35.5. The van der Waals surface area contributed by atoms with Gasteiger partial charge in [-0.3, -0.25) is 4.79 Å². The van der Waals surface area contributed by atoms with Gasteiger partial charge in [-0.2, -0.15) is 4.98 Å². The van der Waals surface area contributed by atoms with Gasteiger partial charge in [0.25, 0.3) is 5.91 Å². The zero-order valence-corrected chi connectivity index (χ0v) is 20.0. The average molecular weight is 494 g/mol. The second-order valence-electron chi connectivity index (χ2n) is 8.88. The standard InChI is InChI=1S/C26H28ClN5O3/c27-23-10-18(6-7-19(23)15-33)12-28-24-22(25(34)29-11-17-4-2-1-3-5-17)13-30-26(31-24)32-14-21-9-8-20(32)16-35-21/h1-7,10,13,20-21,33H,8-9,11-12,14-16H2,(H,29,34)(H,28,30,31). The quantitative estimate of drug-likeness (QED) is 0.441. The van der Waals surface area contributed by atoms with Gasteiger partial charge in [0.15, 0.2) is 0 Å². The van der Waals surface area contributed by atoms with Crippen LogP contribution < -0.4 is 15.5 Å². The van der Waals surface area contributed by atoms with Crippen molar-refractivity contribution in [2.45, 2.75) is 44.7 Å².